The Morgan fingerprint density at radius 1 is 1.52 bits per heavy atom. The van der Waals surface area contributed by atoms with Crippen molar-refractivity contribution in [2.24, 2.45) is 0 Å². The third kappa shape index (κ3) is 4.37. The van der Waals surface area contributed by atoms with Crippen LogP contribution < -0.4 is 0 Å². The van der Waals surface area contributed by atoms with E-state index in [1.54, 1.807) is 29.3 Å². The largest absolute Gasteiger partial charge is 0.374 e. The average Bonchev–Trinajstić information content (AvgIpc) is 3.16. The minimum absolute atomic E-state index is 0.00852. The minimum atomic E-state index is -0.00852. The van der Waals surface area contributed by atoms with Crippen molar-refractivity contribution in [2.75, 3.05) is 25.4 Å². The van der Waals surface area contributed by atoms with Crippen molar-refractivity contribution in [3.8, 4) is 0 Å². The van der Waals surface area contributed by atoms with Gasteiger partial charge in [0.15, 0.2) is 0 Å². The smallest absolute Gasteiger partial charge is 0.264 e. The topological polar surface area (TPSA) is 47.4 Å². The van der Waals surface area contributed by atoms with Gasteiger partial charge >= 0.3 is 0 Å². The summed E-state index contributed by atoms with van der Waals surface area (Å²) in [5.74, 6) is 1.14. The molecule has 1 aliphatic heterocycles. The number of aromatic nitrogens is 2. The molecule has 1 aliphatic rings. The van der Waals surface area contributed by atoms with Crippen molar-refractivity contribution in [1.82, 2.24) is 14.7 Å². The summed E-state index contributed by atoms with van der Waals surface area (Å²) in [4.78, 5) is 15.5. The van der Waals surface area contributed by atoms with Crippen molar-refractivity contribution >= 4 is 29.0 Å². The normalized spacial score (nSPS) is 18.8. The lowest BCUT2D eigenvalue weighted by atomic mass is 10.3. The van der Waals surface area contributed by atoms with Crippen molar-refractivity contribution in [1.29, 1.82) is 0 Å². The summed E-state index contributed by atoms with van der Waals surface area (Å²) in [6.07, 6.45) is 4.56. The molecule has 0 aliphatic carbocycles. The van der Waals surface area contributed by atoms with Crippen molar-refractivity contribution in [2.45, 2.75) is 30.2 Å². The van der Waals surface area contributed by atoms with Crippen molar-refractivity contribution in [3.05, 3.63) is 35.5 Å². The van der Waals surface area contributed by atoms with Gasteiger partial charge < -0.3 is 9.64 Å². The molecule has 1 atom stereocenters. The van der Waals surface area contributed by atoms with E-state index in [1.165, 1.54) is 4.21 Å². The molecule has 0 spiro atoms. The van der Waals surface area contributed by atoms with E-state index in [0.29, 0.717) is 19.7 Å². The lowest BCUT2D eigenvalue weighted by Gasteiger charge is -2.23. The molecule has 23 heavy (non-hydrogen) atoms. The highest BCUT2D eigenvalue weighted by Crippen LogP contribution is 2.28. The predicted octanol–water partition coefficient (Wildman–Crippen LogP) is 2.99. The first-order valence-corrected chi connectivity index (χ1v) is 9.67. The molecule has 1 saturated heterocycles. The van der Waals surface area contributed by atoms with Crippen molar-refractivity contribution in [3.63, 3.8) is 0 Å². The molecule has 0 saturated carbocycles. The molecule has 2 aromatic rings. The van der Waals surface area contributed by atoms with Gasteiger partial charge in [0.25, 0.3) is 5.91 Å². The Bertz CT molecular complexity index is 627. The molecule has 1 fully saturated rings. The molecular formula is C16H21N3O2S2. The lowest BCUT2D eigenvalue weighted by molar-refractivity contribution is 0.0368. The van der Waals surface area contributed by atoms with E-state index >= 15 is 0 Å². The third-order valence-electron chi connectivity index (χ3n) is 3.67. The monoisotopic (exact) mass is 351 g/mol. The van der Waals surface area contributed by atoms with Crippen LogP contribution in [0.2, 0.25) is 0 Å². The number of thiophene rings is 1. The van der Waals surface area contributed by atoms with E-state index < -0.39 is 0 Å². The molecule has 0 unspecified atom stereocenters. The molecule has 3 rings (SSSR count). The van der Waals surface area contributed by atoms with Crippen LogP contribution in [0.4, 0.5) is 0 Å². The Balaban J connectivity index is 1.65. The summed E-state index contributed by atoms with van der Waals surface area (Å²) in [5.41, 5.74) is 0. The Hall–Kier alpha value is -1.31. The number of hydrogen-bond donors (Lipinski definition) is 0. The van der Waals surface area contributed by atoms with E-state index in [1.807, 2.05) is 34.0 Å². The first kappa shape index (κ1) is 16.5. The third-order valence-corrected chi connectivity index (χ3v) is 5.85. The van der Waals surface area contributed by atoms with Gasteiger partial charge in [0, 0.05) is 32.1 Å². The molecular weight excluding hydrogens is 330 g/mol. The molecule has 0 bridgehead atoms. The van der Waals surface area contributed by atoms with E-state index in [4.69, 9.17) is 4.74 Å². The van der Waals surface area contributed by atoms with Crippen LogP contribution in [-0.2, 0) is 11.3 Å². The highest BCUT2D eigenvalue weighted by atomic mass is 32.2. The minimum Gasteiger partial charge on any atom is -0.374 e. The quantitative estimate of drug-likeness (QED) is 0.777. The van der Waals surface area contributed by atoms with Crippen molar-refractivity contribution < 1.29 is 9.53 Å². The fourth-order valence-corrected chi connectivity index (χ4v) is 4.63. The molecule has 2 aromatic heterocycles. The first-order chi connectivity index (χ1) is 11.3. The maximum absolute atomic E-state index is 12.8. The van der Waals surface area contributed by atoms with E-state index in [0.717, 1.165) is 23.6 Å². The van der Waals surface area contributed by atoms with Crippen LogP contribution in [0.5, 0.6) is 0 Å². The highest BCUT2D eigenvalue weighted by molar-refractivity contribution is 8.01. The molecule has 0 N–H and O–H groups in total. The number of carbonyl (C=O) groups excluding carboxylic acids is 1. The zero-order chi connectivity index (χ0) is 16.1. The molecule has 124 valence electrons. The Kier molecular flexibility index (Phi) is 5.75. The van der Waals surface area contributed by atoms with Crippen LogP contribution in [0.1, 0.15) is 23.0 Å². The summed E-state index contributed by atoms with van der Waals surface area (Å²) >= 11 is 3.37. The van der Waals surface area contributed by atoms with Gasteiger partial charge in [0.1, 0.15) is 0 Å². The SMILES string of the molecule is CCSc1ccc(C(=O)N2CCCO[C@H](Cn3cccn3)C2)s1. The van der Waals surface area contributed by atoms with Gasteiger partial charge in [-0.3, -0.25) is 9.48 Å². The fourth-order valence-electron chi connectivity index (χ4n) is 2.62. The zero-order valence-corrected chi connectivity index (χ0v) is 14.8. The average molecular weight is 351 g/mol. The second kappa shape index (κ2) is 7.99. The van der Waals surface area contributed by atoms with Crippen LogP contribution in [0.15, 0.2) is 34.8 Å². The van der Waals surface area contributed by atoms with Gasteiger partial charge in [-0.25, -0.2) is 0 Å². The summed E-state index contributed by atoms with van der Waals surface area (Å²) in [5, 5.41) is 4.23. The molecule has 1 amide bonds. The zero-order valence-electron chi connectivity index (χ0n) is 13.2. The van der Waals surface area contributed by atoms with Crippen LogP contribution in [0.25, 0.3) is 0 Å². The van der Waals surface area contributed by atoms with Gasteiger partial charge in [-0.05, 0) is 30.4 Å². The second-order valence-corrected chi connectivity index (χ2v) is 8.03. The highest BCUT2D eigenvalue weighted by Gasteiger charge is 2.24. The molecule has 3 heterocycles. The number of amides is 1. The Morgan fingerprint density at radius 3 is 3.22 bits per heavy atom. The summed E-state index contributed by atoms with van der Waals surface area (Å²) in [7, 11) is 0. The number of carbonyl (C=O) groups is 1. The number of ether oxygens (including phenoxy) is 1. The number of rotatable bonds is 5. The molecule has 0 aromatic carbocycles. The van der Waals surface area contributed by atoms with Gasteiger partial charge in [-0.1, -0.05) is 6.92 Å². The first-order valence-electron chi connectivity index (χ1n) is 7.87. The molecule has 5 nitrogen and oxygen atoms in total. The van der Waals surface area contributed by atoms with Crippen LogP contribution >= 0.6 is 23.1 Å². The number of nitrogens with zero attached hydrogens (tertiary/aromatic N) is 3. The lowest BCUT2D eigenvalue weighted by Crippen LogP contribution is -2.38. The van der Waals surface area contributed by atoms with E-state index in [2.05, 4.69) is 12.0 Å². The standard InChI is InChI=1S/C16H21N3O2S2/c1-2-22-15-6-5-14(23-15)16(20)18-8-4-10-21-13(11-18)12-19-9-3-7-17-19/h3,5-7,9,13H,2,4,8,10-12H2,1H3/t13-/m0/s1. The second-order valence-electron chi connectivity index (χ2n) is 5.38. The fraction of sp³-hybridized carbons (Fsp3) is 0.500. The summed E-state index contributed by atoms with van der Waals surface area (Å²) in [6.45, 7) is 4.86. The van der Waals surface area contributed by atoms with Gasteiger partial charge in [-0.2, -0.15) is 5.10 Å². The van der Waals surface area contributed by atoms with E-state index in [9.17, 15) is 4.79 Å². The summed E-state index contributed by atoms with van der Waals surface area (Å²) < 4.78 is 8.95. The van der Waals surface area contributed by atoms with Crippen LogP contribution in [0.3, 0.4) is 0 Å². The van der Waals surface area contributed by atoms with Crippen LogP contribution in [0, 0.1) is 0 Å². The van der Waals surface area contributed by atoms with Gasteiger partial charge in [0.2, 0.25) is 0 Å². The Morgan fingerprint density at radius 2 is 2.43 bits per heavy atom. The molecule has 0 radical (unpaired) electrons. The maximum atomic E-state index is 12.8. The van der Waals surface area contributed by atoms with Gasteiger partial charge in [-0.15, -0.1) is 23.1 Å². The van der Waals surface area contributed by atoms with Crippen LogP contribution in [-0.4, -0.2) is 52.1 Å². The van der Waals surface area contributed by atoms with Gasteiger partial charge in [0.05, 0.1) is 21.7 Å². The number of thioether (sulfide) groups is 1. The summed E-state index contributed by atoms with van der Waals surface area (Å²) in [6, 6.07) is 5.89. The number of hydrogen-bond acceptors (Lipinski definition) is 5. The van der Waals surface area contributed by atoms with E-state index in [-0.39, 0.29) is 12.0 Å². The Labute approximate surface area is 144 Å². The predicted molar refractivity (Wildman–Crippen MR) is 93.2 cm³/mol. The maximum Gasteiger partial charge on any atom is 0.264 e. The molecule has 7 heteroatoms.